The Morgan fingerprint density at radius 2 is 1.59 bits per heavy atom. The van der Waals surface area contributed by atoms with E-state index in [1.807, 2.05) is 48.5 Å². The summed E-state index contributed by atoms with van der Waals surface area (Å²) in [4.78, 5) is 12.9. The molecule has 1 amide bonds. The summed E-state index contributed by atoms with van der Waals surface area (Å²) < 4.78 is 10.6. The van der Waals surface area contributed by atoms with E-state index in [9.17, 15) is 4.79 Å². The van der Waals surface area contributed by atoms with Crippen LogP contribution in [0.5, 0.6) is 11.5 Å². The average molecular weight is 362 g/mol. The molecule has 0 aliphatic rings. The molecule has 0 heterocycles. The number of ether oxygens (including phenoxy) is 2. The van der Waals surface area contributed by atoms with E-state index in [1.54, 1.807) is 38.5 Å². The van der Waals surface area contributed by atoms with Gasteiger partial charge < -0.3 is 20.1 Å². The molecule has 0 saturated heterocycles. The molecule has 3 aromatic rings. The fourth-order valence-corrected chi connectivity index (χ4v) is 2.73. The highest BCUT2D eigenvalue weighted by Gasteiger charge is 2.14. The summed E-state index contributed by atoms with van der Waals surface area (Å²) in [7, 11) is 3.14. The van der Waals surface area contributed by atoms with Gasteiger partial charge in [0.25, 0.3) is 5.91 Å². The summed E-state index contributed by atoms with van der Waals surface area (Å²) in [5.41, 5.74) is 3.01. The van der Waals surface area contributed by atoms with Crippen LogP contribution in [0.2, 0.25) is 0 Å². The number of amides is 1. The first-order valence-corrected chi connectivity index (χ1v) is 8.61. The van der Waals surface area contributed by atoms with Crippen molar-refractivity contribution in [2.75, 3.05) is 24.9 Å². The maximum atomic E-state index is 12.9. The van der Waals surface area contributed by atoms with Gasteiger partial charge in [0.05, 0.1) is 25.5 Å². The molecule has 0 unspecified atom stereocenters. The van der Waals surface area contributed by atoms with Gasteiger partial charge in [0.2, 0.25) is 0 Å². The van der Waals surface area contributed by atoms with Gasteiger partial charge in [-0.2, -0.15) is 0 Å². The second kappa shape index (κ2) is 8.76. The predicted octanol–water partition coefficient (Wildman–Crippen LogP) is 4.57. The molecule has 27 heavy (non-hydrogen) atoms. The van der Waals surface area contributed by atoms with E-state index in [0.29, 0.717) is 29.3 Å². The number of para-hydroxylation sites is 1. The lowest BCUT2D eigenvalue weighted by Gasteiger charge is -2.14. The minimum atomic E-state index is -0.224. The second-order valence-corrected chi connectivity index (χ2v) is 5.91. The standard InChI is InChI=1S/C22H22N2O3/c1-26-17-12-13-21(27-2)20(14-17)24-22(25)18-10-6-7-11-19(18)23-15-16-8-4-3-5-9-16/h3-14,23H,15H2,1-2H3,(H,24,25). The monoisotopic (exact) mass is 362 g/mol. The van der Waals surface area contributed by atoms with Crippen LogP contribution in [-0.2, 0) is 6.54 Å². The van der Waals surface area contributed by atoms with Gasteiger partial charge in [0, 0.05) is 18.3 Å². The van der Waals surface area contributed by atoms with Gasteiger partial charge in [-0.05, 0) is 29.8 Å². The fourth-order valence-electron chi connectivity index (χ4n) is 2.73. The van der Waals surface area contributed by atoms with Crippen LogP contribution < -0.4 is 20.1 Å². The van der Waals surface area contributed by atoms with Crippen LogP contribution in [0.3, 0.4) is 0 Å². The van der Waals surface area contributed by atoms with E-state index in [-0.39, 0.29) is 5.91 Å². The Bertz CT molecular complexity index is 910. The van der Waals surface area contributed by atoms with Crippen molar-refractivity contribution < 1.29 is 14.3 Å². The quantitative estimate of drug-likeness (QED) is 0.646. The molecule has 5 nitrogen and oxygen atoms in total. The maximum Gasteiger partial charge on any atom is 0.257 e. The van der Waals surface area contributed by atoms with Crippen LogP contribution in [0.4, 0.5) is 11.4 Å². The Morgan fingerprint density at radius 3 is 2.33 bits per heavy atom. The predicted molar refractivity (Wildman–Crippen MR) is 108 cm³/mol. The highest BCUT2D eigenvalue weighted by Crippen LogP contribution is 2.30. The number of carbonyl (C=O) groups excluding carboxylic acids is 1. The van der Waals surface area contributed by atoms with Gasteiger partial charge >= 0.3 is 0 Å². The molecule has 138 valence electrons. The van der Waals surface area contributed by atoms with E-state index < -0.39 is 0 Å². The van der Waals surface area contributed by atoms with E-state index in [4.69, 9.17) is 9.47 Å². The Kier molecular flexibility index (Phi) is 5.94. The van der Waals surface area contributed by atoms with Crippen molar-refractivity contribution in [3.8, 4) is 11.5 Å². The molecular formula is C22H22N2O3. The van der Waals surface area contributed by atoms with Gasteiger partial charge in [-0.15, -0.1) is 0 Å². The fraction of sp³-hybridized carbons (Fsp3) is 0.136. The molecule has 0 spiro atoms. The minimum absolute atomic E-state index is 0.224. The van der Waals surface area contributed by atoms with Crippen molar-refractivity contribution in [2.24, 2.45) is 0 Å². The number of benzene rings is 3. The van der Waals surface area contributed by atoms with Crippen molar-refractivity contribution in [1.29, 1.82) is 0 Å². The Balaban J connectivity index is 1.79. The van der Waals surface area contributed by atoms with Crippen LogP contribution >= 0.6 is 0 Å². The molecule has 3 rings (SSSR count). The Morgan fingerprint density at radius 1 is 0.852 bits per heavy atom. The van der Waals surface area contributed by atoms with E-state index in [0.717, 1.165) is 11.3 Å². The highest BCUT2D eigenvalue weighted by molar-refractivity contribution is 6.08. The van der Waals surface area contributed by atoms with Crippen molar-refractivity contribution in [3.63, 3.8) is 0 Å². The van der Waals surface area contributed by atoms with Crippen molar-refractivity contribution >= 4 is 17.3 Å². The molecule has 5 heteroatoms. The maximum absolute atomic E-state index is 12.9. The molecule has 0 saturated carbocycles. The van der Waals surface area contributed by atoms with Gasteiger partial charge in [-0.3, -0.25) is 4.79 Å². The number of methoxy groups -OCH3 is 2. The SMILES string of the molecule is COc1ccc(OC)c(NC(=O)c2ccccc2NCc2ccccc2)c1. The summed E-state index contributed by atoms with van der Waals surface area (Å²) in [6.45, 7) is 0.633. The molecule has 0 atom stereocenters. The number of carbonyl (C=O) groups is 1. The smallest absolute Gasteiger partial charge is 0.257 e. The Labute approximate surface area is 158 Å². The molecule has 0 aliphatic heterocycles. The van der Waals surface area contributed by atoms with Gasteiger partial charge in [0.1, 0.15) is 11.5 Å². The number of nitrogens with one attached hydrogen (secondary N) is 2. The van der Waals surface area contributed by atoms with Crippen LogP contribution in [-0.4, -0.2) is 20.1 Å². The molecule has 0 radical (unpaired) electrons. The van der Waals surface area contributed by atoms with Crippen LogP contribution in [0.15, 0.2) is 72.8 Å². The third-order valence-corrected chi connectivity index (χ3v) is 4.15. The highest BCUT2D eigenvalue weighted by atomic mass is 16.5. The molecule has 0 aliphatic carbocycles. The second-order valence-electron chi connectivity index (χ2n) is 5.91. The lowest BCUT2D eigenvalue weighted by atomic mass is 10.1. The zero-order valence-corrected chi connectivity index (χ0v) is 15.4. The van der Waals surface area contributed by atoms with Crippen LogP contribution in [0.1, 0.15) is 15.9 Å². The molecule has 2 N–H and O–H groups in total. The largest absolute Gasteiger partial charge is 0.497 e. The summed E-state index contributed by atoms with van der Waals surface area (Å²) in [5.74, 6) is 0.984. The van der Waals surface area contributed by atoms with Crippen molar-refractivity contribution in [1.82, 2.24) is 0 Å². The Hall–Kier alpha value is -3.47. The van der Waals surface area contributed by atoms with Crippen molar-refractivity contribution in [2.45, 2.75) is 6.54 Å². The first-order chi connectivity index (χ1) is 13.2. The number of hydrogen-bond acceptors (Lipinski definition) is 4. The van der Waals surface area contributed by atoms with E-state index in [2.05, 4.69) is 10.6 Å². The topological polar surface area (TPSA) is 59.6 Å². The molecular weight excluding hydrogens is 340 g/mol. The van der Waals surface area contributed by atoms with Crippen LogP contribution in [0, 0.1) is 0 Å². The third-order valence-electron chi connectivity index (χ3n) is 4.15. The van der Waals surface area contributed by atoms with Crippen molar-refractivity contribution in [3.05, 3.63) is 83.9 Å². The zero-order valence-electron chi connectivity index (χ0n) is 15.4. The molecule has 0 aromatic heterocycles. The minimum Gasteiger partial charge on any atom is -0.497 e. The lowest BCUT2D eigenvalue weighted by Crippen LogP contribution is -2.15. The number of anilines is 2. The summed E-state index contributed by atoms with van der Waals surface area (Å²) in [6, 6.07) is 22.7. The number of hydrogen-bond donors (Lipinski definition) is 2. The van der Waals surface area contributed by atoms with Gasteiger partial charge in [-0.25, -0.2) is 0 Å². The van der Waals surface area contributed by atoms with Gasteiger partial charge in [0.15, 0.2) is 0 Å². The summed E-state index contributed by atoms with van der Waals surface area (Å²) in [5, 5.41) is 6.24. The molecule has 3 aromatic carbocycles. The molecule has 0 fully saturated rings. The summed E-state index contributed by atoms with van der Waals surface area (Å²) >= 11 is 0. The van der Waals surface area contributed by atoms with E-state index >= 15 is 0 Å². The molecule has 0 bridgehead atoms. The zero-order chi connectivity index (χ0) is 19.1. The average Bonchev–Trinajstić information content (AvgIpc) is 2.73. The normalized spacial score (nSPS) is 10.1. The van der Waals surface area contributed by atoms with E-state index in [1.165, 1.54) is 0 Å². The summed E-state index contributed by atoms with van der Waals surface area (Å²) in [6.07, 6.45) is 0. The number of rotatable bonds is 7. The third kappa shape index (κ3) is 4.58. The van der Waals surface area contributed by atoms with Gasteiger partial charge in [-0.1, -0.05) is 42.5 Å². The lowest BCUT2D eigenvalue weighted by molar-refractivity contribution is 0.102. The van der Waals surface area contributed by atoms with Crippen LogP contribution in [0.25, 0.3) is 0 Å². The first kappa shape index (κ1) is 18.3. The first-order valence-electron chi connectivity index (χ1n) is 8.61.